The van der Waals surface area contributed by atoms with Gasteiger partial charge in [0.05, 0.1) is 13.2 Å². The van der Waals surface area contributed by atoms with Gasteiger partial charge in [0.2, 0.25) is 0 Å². The van der Waals surface area contributed by atoms with E-state index in [2.05, 4.69) is 20.2 Å². The van der Waals surface area contributed by atoms with Crippen LogP contribution in [0.4, 0.5) is 5.82 Å². The van der Waals surface area contributed by atoms with Crippen LogP contribution >= 0.6 is 12.2 Å². The number of rotatable bonds is 4. The summed E-state index contributed by atoms with van der Waals surface area (Å²) in [6.07, 6.45) is 0. The summed E-state index contributed by atoms with van der Waals surface area (Å²) in [6.45, 7) is 7.55. The number of aryl methyl sites for hydroxylation is 1. The van der Waals surface area contributed by atoms with Crippen LogP contribution in [0.3, 0.4) is 0 Å². The molecule has 1 aliphatic heterocycles. The van der Waals surface area contributed by atoms with E-state index in [9.17, 15) is 0 Å². The fourth-order valence-electron chi connectivity index (χ4n) is 1.85. The van der Waals surface area contributed by atoms with Gasteiger partial charge in [-0.3, -0.25) is 4.90 Å². The molecule has 0 aromatic carbocycles. The van der Waals surface area contributed by atoms with Crippen LogP contribution in [0, 0.1) is 11.6 Å². The zero-order chi connectivity index (χ0) is 12.1. The van der Waals surface area contributed by atoms with Gasteiger partial charge in [-0.15, -0.1) is 0 Å². The number of morpholine rings is 1. The Morgan fingerprint density at radius 3 is 3.00 bits per heavy atom. The van der Waals surface area contributed by atoms with Gasteiger partial charge in [-0.05, 0) is 6.92 Å². The molecule has 0 aliphatic carbocycles. The summed E-state index contributed by atoms with van der Waals surface area (Å²) in [5.41, 5.74) is 0. The van der Waals surface area contributed by atoms with Gasteiger partial charge in [0, 0.05) is 32.2 Å². The maximum atomic E-state index is 5.31. The zero-order valence-corrected chi connectivity index (χ0v) is 10.8. The van der Waals surface area contributed by atoms with Crippen molar-refractivity contribution < 1.29 is 4.74 Å². The summed E-state index contributed by atoms with van der Waals surface area (Å²) in [4.78, 5) is 9.67. The van der Waals surface area contributed by atoms with Gasteiger partial charge in [-0.25, -0.2) is 4.98 Å². The molecule has 17 heavy (non-hydrogen) atoms. The van der Waals surface area contributed by atoms with Gasteiger partial charge in [-0.1, -0.05) is 12.2 Å². The average Bonchev–Trinajstić information content (AvgIpc) is 2.29. The standard InChI is InChI=1S/C11H18N4OS/c1-9-13-10(8-11(17)14-9)12-2-3-15-4-6-16-7-5-15/h8H,2-7H2,1H3,(H2,12,13,14,17). The number of nitrogens with one attached hydrogen (secondary N) is 2. The molecule has 1 saturated heterocycles. The Labute approximate surface area is 106 Å². The van der Waals surface area contributed by atoms with Crippen LogP contribution in [-0.2, 0) is 4.74 Å². The van der Waals surface area contributed by atoms with Gasteiger partial charge in [0.15, 0.2) is 0 Å². The highest BCUT2D eigenvalue weighted by Gasteiger charge is 2.09. The second kappa shape index (κ2) is 6.09. The molecule has 2 N–H and O–H groups in total. The first kappa shape index (κ1) is 12.5. The van der Waals surface area contributed by atoms with Crippen molar-refractivity contribution in [3.8, 4) is 0 Å². The van der Waals surface area contributed by atoms with E-state index in [1.807, 2.05) is 13.0 Å². The van der Waals surface area contributed by atoms with E-state index in [1.165, 1.54) is 0 Å². The van der Waals surface area contributed by atoms with E-state index in [-0.39, 0.29) is 0 Å². The molecule has 0 unspecified atom stereocenters. The lowest BCUT2D eigenvalue weighted by Gasteiger charge is -2.26. The first-order valence-electron chi connectivity index (χ1n) is 5.86. The minimum atomic E-state index is 0.620. The predicted molar refractivity (Wildman–Crippen MR) is 69.9 cm³/mol. The van der Waals surface area contributed by atoms with E-state index in [4.69, 9.17) is 17.0 Å². The maximum absolute atomic E-state index is 5.31. The van der Waals surface area contributed by atoms with Crippen molar-refractivity contribution in [1.82, 2.24) is 14.9 Å². The monoisotopic (exact) mass is 254 g/mol. The second-order valence-electron chi connectivity index (χ2n) is 4.10. The molecule has 6 heteroatoms. The predicted octanol–water partition coefficient (Wildman–Crippen LogP) is 1.19. The summed E-state index contributed by atoms with van der Waals surface area (Å²) < 4.78 is 5.93. The third-order valence-corrected chi connectivity index (χ3v) is 2.92. The lowest BCUT2D eigenvalue weighted by atomic mass is 10.4. The number of hydrogen-bond acceptors (Lipinski definition) is 5. The third kappa shape index (κ3) is 4.07. The van der Waals surface area contributed by atoms with Gasteiger partial charge in [0.1, 0.15) is 16.3 Å². The largest absolute Gasteiger partial charge is 0.379 e. The van der Waals surface area contributed by atoms with Crippen LogP contribution in [0.25, 0.3) is 0 Å². The molecule has 1 aliphatic rings. The van der Waals surface area contributed by atoms with Crippen LogP contribution in [0.2, 0.25) is 0 Å². The van der Waals surface area contributed by atoms with Gasteiger partial charge in [0.25, 0.3) is 0 Å². The van der Waals surface area contributed by atoms with Crippen molar-refractivity contribution in [3.63, 3.8) is 0 Å². The Morgan fingerprint density at radius 1 is 1.53 bits per heavy atom. The van der Waals surface area contributed by atoms with Crippen molar-refractivity contribution in [1.29, 1.82) is 0 Å². The Balaban J connectivity index is 1.79. The van der Waals surface area contributed by atoms with Crippen molar-refractivity contribution >= 4 is 18.0 Å². The Kier molecular flexibility index (Phi) is 4.47. The number of aromatic amines is 1. The minimum Gasteiger partial charge on any atom is -0.379 e. The Bertz CT molecular complexity index is 414. The van der Waals surface area contributed by atoms with E-state index >= 15 is 0 Å². The molecular weight excluding hydrogens is 236 g/mol. The molecule has 0 amide bonds. The second-order valence-corrected chi connectivity index (χ2v) is 4.52. The summed E-state index contributed by atoms with van der Waals surface area (Å²) >= 11 is 5.06. The molecule has 94 valence electrons. The lowest BCUT2D eigenvalue weighted by Crippen LogP contribution is -2.39. The van der Waals surface area contributed by atoms with Crippen LogP contribution in [0.15, 0.2) is 6.07 Å². The summed E-state index contributed by atoms with van der Waals surface area (Å²) in [7, 11) is 0. The molecule has 1 aromatic heterocycles. The molecule has 0 saturated carbocycles. The van der Waals surface area contributed by atoms with Crippen molar-refractivity contribution in [2.75, 3.05) is 44.7 Å². The summed E-state index contributed by atoms with van der Waals surface area (Å²) in [5.74, 6) is 1.78. The number of hydrogen-bond donors (Lipinski definition) is 2. The van der Waals surface area contributed by atoms with Gasteiger partial charge in [-0.2, -0.15) is 0 Å². The minimum absolute atomic E-state index is 0.620. The summed E-state index contributed by atoms with van der Waals surface area (Å²) in [5, 5.41) is 3.33. The van der Waals surface area contributed by atoms with Crippen molar-refractivity contribution in [3.05, 3.63) is 16.5 Å². The van der Waals surface area contributed by atoms with Crippen molar-refractivity contribution in [2.45, 2.75) is 6.92 Å². The Hall–Kier alpha value is -0.980. The normalized spacial score (nSPS) is 17.0. The fraction of sp³-hybridized carbons (Fsp3) is 0.636. The first-order valence-corrected chi connectivity index (χ1v) is 6.27. The maximum Gasteiger partial charge on any atom is 0.131 e. The fourth-order valence-corrected chi connectivity index (χ4v) is 2.10. The van der Waals surface area contributed by atoms with Crippen LogP contribution < -0.4 is 5.32 Å². The summed E-state index contributed by atoms with van der Waals surface area (Å²) in [6, 6.07) is 1.85. The highest BCUT2D eigenvalue weighted by molar-refractivity contribution is 7.71. The first-order chi connectivity index (χ1) is 8.24. The van der Waals surface area contributed by atoms with Crippen LogP contribution in [-0.4, -0.2) is 54.3 Å². The number of aromatic nitrogens is 2. The molecule has 0 bridgehead atoms. The molecule has 1 aromatic rings. The third-order valence-electron chi connectivity index (χ3n) is 2.71. The SMILES string of the molecule is Cc1nc(=S)cc(NCCN2CCOCC2)[nH]1. The topological polar surface area (TPSA) is 53.2 Å². The van der Waals surface area contributed by atoms with E-state index in [0.29, 0.717) is 4.64 Å². The average molecular weight is 254 g/mol. The number of H-pyrrole nitrogens is 1. The Morgan fingerprint density at radius 2 is 2.29 bits per heavy atom. The molecular formula is C11H18N4OS. The smallest absolute Gasteiger partial charge is 0.131 e. The molecule has 5 nitrogen and oxygen atoms in total. The highest BCUT2D eigenvalue weighted by Crippen LogP contribution is 2.03. The van der Waals surface area contributed by atoms with Crippen LogP contribution in [0.1, 0.15) is 5.82 Å². The van der Waals surface area contributed by atoms with Gasteiger partial charge >= 0.3 is 0 Å². The molecule has 0 spiro atoms. The molecule has 0 radical (unpaired) electrons. The molecule has 0 atom stereocenters. The molecule has 2 rings (SSSR count). The highest BCUT2D eigenvalue weighted by atomic mass is 32.1. The lowest BCUT2D eigenvalue weighted by molar-refractivity contribution is 0.0398. The van der Waals surface area contributed by atoms with Gasteiger partial charge < -0.3 is 15.0 Å². The molecule has 1 fully saturated rings. The number of nitrogens with zero attached hydrogens (tertiary/aromatic N) is 2. The number of ether oxygens (including phenoxy) is 1. The number of anilines is 1. The van der Waals surface area contributed by atoms with E-state index in [1.54, 1.807) is 0 Å². The zero-order valence-electron chi connectivity index (χ0n) is 10.0. The van der Waals surface area contributed by atoms with Crippen molar-refractivity contribution in [2.24, 2.45) is 0 Å². The van der Waals surface area contributed by atoms with E-state index in [0.717, 1.165) is 51.0 Å². The van der Waals surface area contributed by atoms with E-state index < -0.39 is 0 Å². The van der Waals surface area contributed by atoms with Crippen LogP contribution in [0.5, 0.6) is 0 Å². The molecule has 2 heterocycles. The quantitative estimate of drug-likeness (QED) is 0.791.